The van der Waals surface area contributed by atoms with Crippen molar-refractivity contribution >= 4 is 28.9 Å². The predicted octanol–water partition coefficient (Wildman–Crippen LogP) is 4.27. The van der Waals surface area contributed by atoms with Crippen LogP contribution < -0.4 is 0 Å². The van der Waals surface area contributed by atoms with E-state index in [1.807, 2.05) is 45.0 Å². The Morgan fingerprint density at radius 2 is 1.80 bits per heavy atom. The van der Waals surface area contributed by atoms with Gasteiger partial charge in [0, 0.05) is 42.5 Å². The number of H-pyrrole nitrogens is 1. The number of carbonyl (C=O) groups excluding carboxylic acids is 3. The molecule has 8 nitrogen and oxygen atoms in total. The summed E-state index contributed by atoms with van der Waals surface area (Å²) in [5, 5.41) is 1.10. The number of rotatable bonds is 4. The Bertz CT molecular complexity index is 1090. The first-order valence-electron chi connectivity index (χ1n) is 12.5. The summed E-state index contributed by atoms with van der Waals surface area (Å²) in [7, 11) is 3.14. The monoisotopic (exact) mass is 483 g/mol. The van der Waals surface area contributed by atoms with Gasteiger partial charge in [0.25, 0.3) is 0 Å². The average molecular weight is 484 g/mol. The highest BCUT2D eigenvalue weighted by atomic mass is 16.6. The molecule has 0 bridgehead atoms. The summed E-state index contributed by atoms with van der Waals surface area (Å²) in [6.45, 7) is 6.57. The van der Waals surface area contributed by atoms with Gasteiger partial charge < -0.3 is 24.3 Å². The lowest BCUT2D eigenvalue weighted by Gasteiger charge is -2.38. The minimum absolute atomic E-state index is 0.0173. The molecule has 2 aromatic rings. The molecular formula is C27H37N3O5. The number of nitrogens with zero attached hydrogens (tertiary/aromatic N) is 2. The van der Waals surface area contributed by atoms with Crippen molar-refractivity contribution in [1.82, 2.24) is 14.8 Å². The fourth-order valence-corrected chi connectivity index (χ4v) is 5.41. The van der Waals surface area contributed by atoms with Crippen molar-refractivity contribution in [2.45, 2.75) is 71.1 Å². The van der Waals surface area contributed by atoms with E-state index < -0.39 is 11.6 Å². The lowest BCUT2D eigenvalue weighted by Crippen LogP contribution is -2.51. The number of hydrogen-bond donors (Lipinski definition) is 1. The molecule has 1 aromatic heterocycles. The third kappa shape index (κ3) is 5.46. The molecule has 1 atom stereocenters. The molecule has 190 valence electrons. The van der Waals surface area contributed by atoms with Gasteiger partial charge in [0.1, 0.15) is 11.6 Å². The normalized spacial score (nSPS) is 22.4. The molecule has 0 spiro atoms. The van der Waals surface area contributed by atoms with Crippen LogP contribution in [0.15, 0.2) is 24.3 Å². The van der Waals surface area contributed by atoms with E-state index in [0.717, 1.165) is 47.8 Å². The van der Waals surface area contributed by atoms with E-state index in [9.17, 15) is 14.4 Å². The number of methoxy groups -OCH3 is 1. The van der Waals surface area contributed by atoms with E-state index in [-0.39, 0.29) is 23.9 Å². The summed E-state index contributed by atoms with van der Waals surface area (Å²) in [5.74, 6) is -0.156. The third-order valence-electron chi connectivity index (χ3n) is 7.19. The van der Waals surface area contributed by atoms with Crippen molar-refractivity contribution < 1.29 is 23.9 Å². The lowest BCUT2D eigenvalue weighted by molar-refractivity contribution is -0.156. The van der Waals surface area contributed by atoms with Gasteiger partial charge in [0.2, 0.25) is 5.91 Å². The largest absolute Gasteiger partial charge is 0.467 e. The maximum Gasteiger partial charge on any atom is 0.410 e. The topological polar surface area (TPSA) is 91.9 Å². The Balaban J connectivity index is 1.41. The van der Waals surface area contributed by atoms with Gasteiger partial charge in [-0.25, -0.2) is 9.59 Å². The maximum absolute atomic E-state index is 13.6. The fraction of sp³-hybridized carbons (Fsp3) is 0.593. The van der Waals surface area contributed by atoms with Crippen LogP contribution in [0.4, 0.5) is 4.79 Å². The van der Waals surface area contributed by atoms with E-state index in [1.165, 1.54) is 7.11 Å². The van der Waals surface area contributed by atoms with Gasteiger partial charge in [0.05, 0.1) is 13.7 Å². The number of para-hydroxylation sites is 1. The van der Waals surface area contributed by atoms with Crippen LogP contribution in [-0.4, -0.2) is 65.1 Å². The van der Waals surface area contributed by atoms with Crippen LogP contribution in [0, 0.1) is 11.8 Å². The number of benzene rings is 1. The zero-order valence-corrected chi connectivity index (χ0v) is 21.4. The summed E-state index contributed by atoms with van der Waals surface area (Å²) in [5.41, 5.74) is 2.58. The second-order valence-electron chi connectivity index (χ2n) is 10.9. The Morgan fingerprint density at radius 3 is 2.46 bits per heavy atom. The molecular weight excluding hydrogens is 446 g/mol. The molecule has 0 saturated heterocycles. The second-order valence-corrected chi connectivity index (χ2v) is 10.9. The molecule has 1 N–H and O–H groups in total. The van der Waals surface area contributed by atoms with E-state index in [1.54, 1.807) is 16.8 Å². The number of hydrogen-bond acceptors (Lipinski definition) is 5. The number of amides is 2. The molecule has 4 rings (SSSR count). The Morgan fingerprint density at radius 1 is 1.11 bits per heavy atom. The molecule has 2 amide bonds. The van der Waals surface area contributed by atoms with Crippen LogP contribution in [0.3, 0.4) is 0 Å². The van der Waals surface area contributed by atoms with Gasteiger partial charge in [-0.15, -0.1) is 0 Å². The maximum atomic E-state index is 13.6. The number of ether oxygens (including phenoxy) is 2. The molecule has 35 heavy (non-hydrogen) atoms. The molecule has 1 aliphatic heterocycles. The highest BCUT2D eigenvalue weighted by Crippen LogP contribution is 2.35. The van der Waals surface area contributed by atoms with Crippen LogP contribution >= 0.6 is 0 Å². The fourth-order valence-electron chi connectivity index (χ4n) is 5.41. The zero-order valence-electron chi connectivity index (χ0n) is 21.4. The Hall–Kier alpha value is -3.03. The molecule has 1 saturated carbocycles. The molecule has 2 heterocycles. The number of esters is 1. The predicted molar refractivity (Wildman–Crippen MR) is 133 cm³/mol. The molecule has 1 unspecified atom stereocenters. The lowest BCUT2D eigenvalue weighted by atomic mass is 9.80. The summed E-state index contributed by atoms with van der Waals surface area (Å²) in [6, 6.07) is 7.41. The molecule has 0 radical (unpaired) electrons. The van der Waals surface area contributed by atoms with Crippen molar-refractivity contribution in [2.75, 3.05) is 20.7 Å². The van der Waals surface area contributed by atoms with Crippen LogP contribution in [0.2, 0.25) is 0 Å². The molecule has 1 fully saturated rings. The van der Waals surface area contributed by atoms with Gasteiger partial charge in [-0.05, 0) is 64.0 Å². The highest BCUT2D eigenvalue weighted by molar-refractivity contribution is 5.90. The van der Waals surface area contributed by atoms with Crippen molar-refractivity contribution in [2.24, 2.45) is 11.8 Å². The van der Waals surface area contributed by atoms with Crippen molar-refractivity contribution in [3.05, 3.63) is 35.5 Å². The number of aromatic amines is 1. The number of carbonyl (C=O) groups is 3. The summed E-state index contributed by atoms with van der Waals surface area (Å²) >= 11 is 0. The second kappa shape index (κ2) is 9.91. The first-order chi connectivity index (χ1) is 16.6. The van der Waals surface area contributed by atoms with E-state index >= 15 is 0 Å². The zero-order chi connectivity index (χ0) is 25.3. The highest BCUT2D eigenvalue weighted by Gasteiger charge is 2.40. The first kappa shape index (κ1) is 25.1. The third-order valence-corrected chi connectivity index (χ3v) is 7.19. The number of fused-ring (bicyclic) bond motifs is 3. The average Bonchev–Trinajstić information content (AvgIpc) is 3.19. The number of aromatic nitrogens is 1. The van der Waals surface area contributed by atoms with E-state index in [2.05, 4.69) is 4.98 Å². The smallest absolute Gasteiger partial charge is 0.410 e. The standard InChI is InChI=1S/C27H37N3O5/c1-27(2,3)35-26(33)29(4)15-17-10-12-18(13-11-17)24(31)30-16-22-20(14-23(30)25(32)34-5)19-8-6-7-9-21(19)28-22/h6-9,17-18,23,28H,10-16H2,1-5H3. The van der Waals surface area contributed by atoms with Crippen molar-refractivity contribution in [1.29, 1.82) is 0 Å². The minimum Gasteiger partial charge on any atom is -0.467 e. The van der Waals surface area contributed by atoms with Crippen molar-refractivity contribution in [3.8, 4) is 0 Å². The van der Waals surface area contributed by atoms with Crippen LogP contribution in [0.1, 0.15) is 57.7 Å². The molecule has 1 aromatic carbocycles. The van der Waals surface area contributed by atoms with Gasteiger partial charge in [-0.1, -0.05) is 18.2 Å². The number of nitrogens with one attached hydrogen (secondary N) is 1. The molecule has 2 aliphatic rings. The van der Waals surface area contributed by atoms with Crippen LogP contribution in [0.5, 0.6) is 0 Å². The molecule has 1 aliphatic carbocycles. The van der Waals surface area contributed by atoms with Crippen molar-refractivity contribution in [3.63, 3.8) is 0 Å². The van der Waals surface area contributed by atoms with Gasteiger partial charge >= 0.3 is 12.1 Å². The quantitative estimate of drug-likeness (QED) is 0.656. The van der Waals surface area contributed by atoms with Gasteiger partial charge in [-0.3, -0.25) is 4.79 Å². The van der Waals surface area contributed by atoms with Gasteiger partial charge in [-0.2, -0.15) is 0 Å². The first-order valence-corrected chi connectivity index (χ1v) is 12.5. The Labute approximate surface area is 206 Å². The summed E-state index contributed by atoms with van der Waals surface area (Å²) in [6.07, 6.45) is 3.34. The van der Waals surface area contributed by atoms with Crippen LogP contribution in [0.25, 0.3) is 10.9 Å². The summed E-state index contributed by atoms with van der Waals surface area (Å²) in [4.78, 5) is 45.4. The minimum atomic E-state index is -0.616. The molecule has 8 heteroatoms. The van der Waals surface area contributed by atoms with E-state index in [0.29, 0.717) is 25.4 Å². The van der Waals surface area contributed by atoms with E-state index in [4.69, 9.17) is 9.47 Å². The van der Waals surface area contributed by atoms with Gasteiger partial charge in [0.15, 0.2) is 0 Å². The van der Waals surface area contributed by atoms with Crippen LogP contribution in [-0.2, 0) is 32.0 Å². The Kier molecular flexibility index (Phi) is 7.10. The SMILES string of the molecule is COC(=O)C1Cc2c([nH]c3ccccc23)CN1C(=O)C1CCC(CN(C)C(=O)OC(C)(C)C)CC1. The summed E-state index contributed by atoms with van der Waals surface area (Å²) < 4.78 is 10.5.